The van der Waals surface area contributed by atoms with Gasteiger partial charge in [-0.1, -0.05) is 78.9 Å². The van der Waals surface area contributed by atoms with Crippen LogP contribution in [0.25, 0.3) is 0 Å². The number of hydrogen-bond acceptors (Lipinski definition) is 5. The van der Waals surface area contributed by atoms with Gasteiger partial charge in [0.05, 0.1) is 22.2 Å². The number of nitrogens with zero attached hydrogens (tertiary/aromatic N) is 1. The van der Waals surface area contributed by atoms with Gasteiger partial charge < -0.3 is 0 Å². The summed E-state index contributed by atoms with van der Waals surface area (Å²) in [6.45, 7) is 4.82. The highest BCUT2D eigenvalue weighted by Crippen LogP contribution is 2.30. The van der Waals surface area contributed by atoms with E-state index in [0.717, 1.165) is 0 Å². The molecule has 2 aromatic carbocycles. The van der Waals surface area contributed by atoms with E-state index in [-0.39, 0.29) is 22.1 Å². The molecule has 2 aromatic rings. The fraction of sp³-hybridized carbons (Fsp3) is 0.136. The highest BCUT2D eigenvalue weighted by molar-refractivity contribution is 8.09. The molecule has 2 rings (SSSR count). The molecule has 0 aliphatic carbocycles. The SMILES string of the molecule is C=C/C=C\C=C/CS(=O)(=O)N(c1ccc(C(C)=O)c(Cl)c1)S(=O)(=O)Cc1ccccc1. The van der Waals surface area contributed by atoms with Gasteiger partial charge in [-0.15, -0.1) is 0 Å². The van der Waals surface area contributed by atoms with Crippen molar-refractivity contribution in [2.75, 3.05) is 9.46 Å². The third-order valence-electron chi connectivity index (χ3n) is 4.04. The van der Waals surface area contributed by atoms with E-state index in [1.54, 1.807) is 42.5 Å². The van der Waals surface area contributed by atoms with Gasteiger partial charge in [0.2, 0.25) is 0 Å². The summed E-state index contributed by atoms with van der Waals surface area (Å²) in [6, 6.07) is 12.0. The van der Waals surface area contributed by atoms with Crippen LogP contribution in [0.2, 0.25) is 5.02 Å². The lowest BCUT2D eigenvalue weighted by atomic mass is 10.1. The van der Waals surface area contributed by atoms with Crippen LogP contribution in [0.1, 0.15) is 22.8 Å². The molecule has 0 aliphatic heterocycles. The first-order chi connectivity index (χ1) is 14.6. The number of allylic oxidation sites excluding steroid dienone is 4. The summed E-state index contributed by atoms with van der Waals surface area (Å²) >= 11 is 6.12. The molecule has 0 spiro atoms. The summed E-state index contributed by atoms with van der Waals surface area (Å²) in [6.07, 6.45) is 7.50. The second kappa shape index (κ2) is 10.6. The van der Waals surface area contributed by atoms with Gasteiger partial charge in [-0.3, -0.25) is 4.79 Å². The van der Waals surface area contributed by atoms with E-state index in [1.165, 1.54) is 43.4 Å². The van der Waals surface area contributed by atoms with Gasteiger partial charge in [-0.2, -0.15) is 3.71 Å². The zero-order valence-corrected chi connectivity index (χ0v) is 19.2. The Labute approximate surface area is 188 Å². The van der Waals surface area contributed by atoms with Crippen molar-refractivity contribution in [3.05, 3.63) is 102 Å². The minimum Gasteiger partial charge on any atom is -0.294 e. The zero-order valence-electron chi connectivity index (χ0n) is 16.8. The monoisotopic (exact) mass is 479 g/mol. The lowest BCUT2D eigenvalue weighted by Crippen LogP contribution is -2.39. The molecule has 0 fully saturated rings. The Morgan fingerprint density at radius 2 is 1.68 bits per heavy atom. The van der Waals surface area contributed by atoms with E-state index in [1.807, 2.05) is 0 Å². The molecule has 164 valence electrons. The molecule has 0 atom stereocenters. The second-order valence-corrected chi connectivity index (χ2v) is 10.8. The van der Waals surface area contributed by atoms with Gasteiger partial charge in [-0.25, -0.2) is 16.8 Å². The van der Waals surface area contributed by atoms with E-state index < -0.39 is 31.6 Å². The average molecular weight is 480 g/mol. The van der Waals surface area contributed by atoms with Crippen molar-refractivity contribution >= 4 is 43.1 Å². The van der Waals surface area contributed by atoms with Crippen molar-refractivity contribution in [1.82, 2.24) is 0 Å². The standard InChI is InChI=1S/C22H22ClNO5S2/c1-3-4-5-6-10-15-30(26,27)24(20-13-14-21(18(2)25)22(23)16-20)31(28,29)17-19-11-8-7-9-12-19/h3-14,16H,1,15,17H2,2H3/b5-4-,10-6-. The molecule has 9 heteroatoms. The van der Waals surface area contributed by atoms with Gasteiger partial charge in [-0.05, 0) is 30.7 Å². The summed E-state index contributed by atoms with van der Waals surface area (Å²) in [4.78, 5) is 11.7. The number of carbonyl (C=O) groups excluding carboxylic acids is 1. The van der Waals surface area contributed by atoms with E-state index in [9.17, 15) is 21.6 Å². The van der Waals surface area contributed by atoms with Crippen LogP contribution in [0.15, 0.2) is 85.5 Å². The minimum atomic E-state index is -4.35. The van der Waals surface area contributed by atoms with Crippen molar-refractivity contribution in [1.29, 1.82) is 0 Å². The minimum absolute atomic E-state index is 0.0374. The zero-order chi connectivity index (χ0) is 23.1. The van der Waals surface area contributed by atoms with Gasteiger partial charge in [0, 0.05) is 5.56 Å². The highest BCUT2D eigenvalue weighted by Gasteiger charge is 2.34. The maximum Gasteiger partial charge on any atom is 0.252 e. The summed E-state index contributed by atoms with van der Waals surface area (Å²) in [5, 5.41) is -0.0374. The number of carbonyl (C=O) groups is 1. The van der Waals surface area contributed by atoms with Gasteiger partial charge in [0.1, 0.15) is 0 Å². The Bertz CT molecular complexity index is 1220. The average Bonchev–Trinajstić information content (AvgIpc) is 2.67. The fourth-order valence-electron chi connectivity index (χ4n) is 2.71. The van der Waals surface area contributed by atoms with Crippen LogP contribution >= 0.6 is 11.6 Å². The quantitative estimate of drug-likeness (QED) is 0.369. The molecule has 0 aliphatic rings. The Hall–Kier alpha value is -2.68. The molecule has 0 bridgehead atoms. The number of halogens is 1. The Morgan fingerprint density at radius 3 is 2.26 bits per heavy atom. The third kappa shape index (κ3) is 6.65. The molecule has 31 heavy (non-hydrogen) atoms. The Balaban J connectivity index is 2.55. The molecular weight excluding hydrogens is 458 g/mol. The third-order valence-corrected chi connectivity index (χ3v) is 8.46. The molecule has 0 aromatic heterocycles. The maximum absolute atomic E-state index is 13.2. The van der Waals surface area contributed by atoms with Gasteiger partial charge >= 0.3 is 0 Å². The Kier molecular flexibility index (Phi) is 8.38. The van der Waals surface area contributed by atoms with Crippen molar-refractivity contribution in [2.24, 2.45) is 0 Å². The number of benzene rings is 2. The summed E-state index contributed by atoms with van der Waals surface area (Å²) in [7, 11) is -8.68. The van der Waals surface area contributed by atoms with Gasteiger partial charge in [0.15, 0.2) is 5.78 Å². The van der Waals surface area contributed by atoms with E-state index in [0.29, 0.717) is 9.27 Å². The summed E-state index contributed by atoms with van der Waals surface area (Å²) in [5.74, 6) is -1.41. The lowest BCUT2D eigenvalue weighted by Gasteiger charge is -2.24. The first-order valence-electron chi connectivity index (χ1n) is 9.13. The van der Waals surface area contributed by atoms with Gasteiger partial charge in [0.25, 0.3) is 20.0 Å². The van der Waals surface area contributed by atoms with Crippen LogP contribution < -0.4 is 3.71 Å². The largest absolute Gasteiger partial charge is 0.294 e. The molecule has 6 nitrogen and oxygen atoms in total. The molecule has 0 unspecified atom stereocenters. The van der Waals surface area contributed by atoms with E-state index >= 15 is 0 Å². The molecule has 0 saturated heterocycles. The number of rotatable bonds is 10. The van der Waals surface area contributed by atoms with Crippen LogP contribution in [0.4, 0.5) is 5.69 Å². The predicted octanol–water partition coefficient (Wildman–Crippen LogP) is 4.51. The fourth-order valence-corrected chi connectivity index (χ4v) is 6.83. The first-order valence-corrected chi connectivity index (χ1v) is 12.7. The number of anilines is 1. The van der Waals surface area contributed by atoms with Crippen LogP contribution in [0, 0.1) is 0 Å². The van der Waals surface area contributed by atoms with E-state index in [4.69, 9.17) is 11.6 Å². The second-order valence-electron chi connectivity index (χ2n) is 6.49. The normalized spacial score (nSPS) is 12.3. The number of hydrogen-bond donors (Lipinski definition) is 0. The summed E-state index contributed by atoms with van der Waals surface area (Å²) in [5.41, 5.74) is 0.428. The highest BCUT2D eigenvalue weighted by atomic mass is 35.5. The number of ketones is 1. The lowest BCUT2D eigenvalue weighted by molar-refractivity contribution is 0.101. The molecule has 0 saturated carbocycles. The van der Waals surface area contributed by atoms with Crippen LogP contribution in [0.3, 0.4) is 0 Å². The topological polar surface area (TPSA) is 88.6 Å². The van der Waals surface area contributed by atoms with Crippen LogP contribution in [-0.4, -0.2) is 28.4 Å². The number of Topliss-reactive ketones (excluding diaryl/α,β-unsaturated/α-hetero) is 1. The Morgan fingerprint density at radius 1 is 1.00 bits per heavy atom. The molecular formula is C22H22ClNO5S2. The van der Waals surface area contributed by atoms with Crippen molar-refractivity contribution in [3.63, 3.8) is 0 Å². The first kappa shape index (κ1) is 24.6. The molecule has 0 amide bonds. The summed E-state index contributed by atoms with van der Waals surface area (Å²) < 4.78 is 52.9. The molecule has 0 N–H and O–H groups in total. The van der Waals surface area contributed by atoms with Crippen molar-refractivity contribution < 1.29 is 21.6 Å². The number of sulfonamides is 2. The smallest absolute Gasteiger partial charge is 0.252 e. The van der Waals surface area contributed by atoms with E-state index in [2.05, 4.69) is 6.58 Å². The van der Waals surface area contributed by atoms with Crippen molar-refractivity contribution in [3.8, 4) is 0 Å². The predicted molar refractivity (Wildman–Crippen MR) is 125 cm³/mol. The molecule has 0 radical (unpaired) electrons. The van der Waals surface area contributed by atoms with Crippen molar-refractivity contribution in [2.45, 2.75) is 12.7 Å². The van der Waals surface area contributed by atoms with Crippen LogP contribution in [0.5, 0.6) is 0 Å². The van der Waals surface area contributed by atoms with Crippen LogP contribution in [-0.2, 0) is 25.8 Å². The molecule has 0 heterocycles. The maximum atomic E-state index is 13.2.